The predicted molar refractivity (Wildman–Crippen MR) is 79.4 cm³/mol. The lowest BCUT2D eigenvalue weighted by Gasteiger charge is -2.26. The van der Waals surface area contributed by atoms with E-state index in [4.69, 9.17) is 4.74 Å². The van der Waals surface area contributed by atoms with Gasteiger partial charge in [-0.05, 0) is 6.07 Å². The Balaban J connectivity index is 2.00. The predicted octanol–water partition coefficient (Wildman–Crippen LogP) is 1.43. The van der Waals surface area contributed by atoms with Crippen molar-refractivity contribution >= 4 is 10.0 Å². The molecule has 2 N–H and O–H groups in total. The van der Waals surface area contributed by atoms with Crippen molar-refractivity contribution in [3.63, 3.8) is 0 Å². The van der Waals surface area contributed by atoms with Gasteiger partial charge in [-0.2, -0.15) is 0 Å². The Morgan fingerprint density at radius 3 is 2.85 bits per heavy atom. The number of fused-ring (bicyclic) bond motifs is 1. The smallest absolute Gasteiger partial charge is 0.213 e. The Morgan fingerprint density at radius 2 is 2.10 bits per heavy atom. The first kappa shape index (κ1) is 15.3. The molecule has 0 fully saturated rings. The second kappa shape index (κ2) is 6.56. The number of ether oxygens (including phenoxy) is 1. The molecular weight excluding hydrogens is 276 g/mol. The highest BCUT2D eigenvalue weighted by atomic mass is 32.2. The summed E-state index contributed by atoms with van der Waals surface area (Å²) in [4.78, 5) is 0. The van der Waals surface area contributed by atoms with E-state index in [2.05, 4.69) is 10.0 Å². The van der Waals surface area contributed by atoms with Crippen molar-refractivity contribution < 1.29 is 13.2 Å². The minimum absolute atomic E-state index is 0.0880. The Bertz CT molecular complexity index is 543. The second-order valence-electron chi connectivity index (χ2n) is 5.27. The summed E-state index contributed by atoms with van der Waals surface area (Å²) in [5.41, 5.74) is 0.916. The van der Waals surface area contributed by atoms with Crippen LogP contribution < -0.4 is 14.8 Å². The lowest BCUT2D eigenvalue weighted by molar-refractivity contribution is 0.263. The summed E-state index contributed by atoms with van der Waals surface area (Å²) >= 11 is 0. The zero-order valence-electron chi connectivity index (χ0n) is 11.9. The number of hydrogen-bond acceptors (Lipinski definition) is 4. The van der Waals surface area contributed by atoms with E-state index in [0.29, 0.717) is 19.6 Å². The van der Waals surface area contributed by atoms with Crippen molar-refractivity contribution in [3.8, 4) is 5.75 Å². The highest BCUT2D eigenvalue weighted by molar-refractivity contribution is 7.89. The van der Waals surface area contributed by atoms with E-state index < -0.39 is 10.0 Å². The molecule has 5 nitrogen and oxygen atoms in total. The van der Waals surface area contributed by atoms with E-state index in [-0.39, 0.29) is 17.8 Å². The van der Waals surface area contributed by atoms with Crippen molar-refractivity contribution in [2.75, 3.05) is 18.9 Å². The SMILES string of the molecule is CC(C)NCCS(=O)(=O)NC1CCOc2ccccc21. The molecule has 0 amide bonds. The first-order valence-corrected chi connectivity index (χ1v) is 8.58. The molecule has 20 heavy (non-hydrogen) atoms. The average Bonchev–Trinajstić information content (AvgIpc) is 2.38. The van der Waals surface area contributed by atoms with Crippen LogP contribution in [-0.2, 0) is 10.0 Å². The van der Waals surface area contributed by atoms with Crippen LogP contribution in [0.4, 0.5) is 0 Å². The molecule has 0 aliphatic carbocycles. The topological polar surface area (TPSA) is 67.4 Å². The Kier molecular flexibility index (Phi) is 5.01. The first-order chi connectivity index (χ1) is 9.48. The number of rotatable bonds is 6. The van der Waals surface area contributed by atoms with E-state index in [1.807, 2.05) is 38.1 Å². The molecule has 0 spiro atoms. The highest BCUT2D eigenvalue weighted by Gasteiger charge is 2.25. The molecule has 0 saturated heterocycles. The molecule has 2 rings (SSSR count). The second-order valence-corrected chi connectivity index (χ2v) is 7.15. The van der Waals surface area contributed by atoms with Crippen LogP contribution in [0, 0.1) is 0 Å². The minimum atomic E-state index is -3.29. The van der Waals surface area contributed by atoms with Gasteiger partial charge in [0.25, 0.3) is 0 Å². The van der Waals surface area contributed by atoms with E-state index in [9.17, 15) is 8.42 Å². The normalized spacial score (nSPS) is 18.6. The van der Waals surface area contributed by atoms with Gasteiger partial charge in [0.2, 0.25) is 10.0 Å². The van der Waals surface area contributed by atoms with Gasteiger partial charge < -0.3 is 10.1 Å². The van der Waals surface area contributed by atoms with E-state index in [1.165, 1.54) is 0 Å². The monoisotopic (exact) mass is 298 g/mol. The third kappa shape index (κ3) is 4.19. The fourth-order valence-electron chi connectivity index (χ4n) is 2.22. The summed E-state index contributed by atoms with van der Waals surface area (Å²) in [6.45, 7) is 4.98. The van der Waals surface area contributed by atoms with E-state index in [1.54, 1.807) is 0 Å². The number of sulfonamides is 1. The van der Waals surface area contributed by atoms with Gasteiger partial charge in [0.1, 0.15) is 5.75 Å². The molecule has 1 heterocycles. The van der Waals surface area contributed by atoms with Gasteiger partial charge in [-0.25, -0.2) is 13.1 Å². The van der Waals surface area contributed by atoms with Crippen molar-refractivity contribution in [2.45, 2.75) is 32.4 Å². The lowest BCUT2D eigenvalue weighted by Crippen LogP contribution is -2.37. The first-order valence-electron chi connectivity index (χ1n) is 6.93. The van der Waals surface area contributed by atoms with Gasteiger partial charge in [0.05, 0.1) is 18.4 Å². The van der Waals surface area contributed by atoms with Crippen molar-refractivity contribution in [1.29, 1.82) is 0 Å². The van der Waals surface area contributed by atoms with Gasteiger partial charge >= 0.3 is 0 Å². The summed E-state index contributed by atoms with van der Waals surface area (Å²) in [7, 11) is -3.29. The molecule has 1 aliphatic rings. The Morgan fingerprint density at radius 1 is 1.35 bits per heavy atom. The number of para-hydroxylation sites is 1. The van der Waals surface area contributed by atoms with Crippen LogP contribution in [0.25, 0.3) is 0 Å². The number of hydrogen-bond donors (Lipinski definition) is 2. The van der Waals surface area contributed by atoms with Gasteiger partial charge in [-0.15, -0.1) is 0 Å². The molecule has 0 bridgehead atoms. The standard InChI is InChI=1S/C14H22N2O3S/c1-11(2)15-8-10-20(17,18)16-13-7-9-19-14-6-4-3-5-12(13)14/h3-6,11,13,15-16H,7-10H2,1-2H3. The van der Waals surface area contributed by atoms with Crippen LogP contribution in [0.1, 0.15) is 31.9 Å². The van der Waals surface area contributed by atoms with E-state index in [0.717, 1.165) is 11.3 Å². The maximum Gasteiger partial charge on any atom is 0.213 e. The summed E-state index contributed by atoms with van der Waals surface area (Å²) in [5.74, 6) is 0.858. The molecule has 1 aliphatic heterocycles. The van der Waals surface area contributed by atoms with Gasteiger partial charge in [-0.3, -0.25) is 0 Å². The molecule has 1 unspecified atom stereocenters. The Labute approximate surface area is 120 Å². The lowest BCUT2D eigenvalue weighted by atomic mass is 10.0. The molecule has 0 saturated carbocycles. The summed E-state index contributed by atoms with van der Waals surface area (Å²) in [6.07, 6.45) is 0.661. The van der Waals surface area contributed by atoms with Gasteiger partial charge in [0, 0.05) is 24.6 Å². The van der Waals surface area contributed by atoms with Crippen molar-refractivity contribution in [2.24, 2.45) is 0 Å². The maximum absolute atomic E-state index is 12.1. The molecule has 1 aromatic rings. The van der Waals surface area contributed by atoms with Gasteiger partial charge in [-0.1, -0.05) is 32.0 Å². The molecule has 0 radical (unpaired) electrons. The van der Waals surface area contributed by atoms with E-state index >= 15 is 0 Å². The summed E-state index contributed by atoms with van der Waals surface area (Å²) in [6, 6.07) is 7.67. The molecular formula is C14H22N2O3S. The van der Waals surface area contributed by atoms with Crippen LogP contribution in [0.2, 0.25) is 0 Å². The third-order valence-electron chi connectivity index (χ3n) is 3.20. The molecule has 6 heteroatoms. The minimum Gasteiger partial charge on any atom is -0.493 e. The number of nitrogens with one attached hydrogen (secondary N) is 2. The zero-order valence-corrected chi connectivity index (χ0v) is 12.7. The zero-order chi connectivity index (χ0) is 14.6. The quantitative estimate of drug-likeness (QED) is 0.833. The van der Waals surface area contributed by atoms with Crippen LogP contribution in [0.3, 0.4) is 0 Å². The van der Waals surface area contributed by atoms with Crippen LogP contribution in [0.5, 0.6) is 5.75 Å². The largest absolute Gasteiger partial charge is 0.493 e. The fraction of sp³-hybridized carbons (Fsp3) is 0.571. The van der Waals surface area contributed by atoms with Gasteiger partial charge in [0.15, 0.2) is 0 Å². The maximum atomic E-state index is 12.1. The number of benzene rings is 1. The molecule has 1 aromatic carbocycles. The summed E-state index contributed by atoms with van der Waals surface area (Å²) in [5, 5.41) is 3.11. The third-order valence-corrected chi connectivity index (χ3v) is 4.59. The Hall–Kier alpha value is -1.11. The highest BCUT2D eigenvalue weighted by Crippen LogP contribution is 2.31. The molecule has 1 atom stereocenters. The van der Waals surface area contributed by atoms with Crippen molar-refractivity contribution in [1.82, 2.24) is 10.0 Å². The fourth-order valence-corrected chi connectivity index (χ4v) is 3.40. The average molecular weight is 298 g/mol. The van der Waals surface area contributed by atoms with Crippen LogP contribution in [-0.4, -0.2) is 33.4 Å². The molecule has 0 aromatic heterocycles. The summed E-state index contributed by atoms with van der Waals surface area (Å²) < 4.78 is 32.5. The molecule has 112 valence electrons. The van der Waals surface area contributed by atoms with Crippen molar-refractivity contribution in [3.05, 3.63) is 29.8 Å². The van der Waals surface area contributed by atoms with Crippen LogP contribution >= 0.6 is 0 Å². The van der Waals surface area contributed by atoms with Crippen LogP contribution in [0.15, 0.2) is 24.3 Å².